The molecule has 0 fully saturated rings. The Bertz CT molecular complexity index is 1380. The predicted molar refractivity (Wildman–Crippen MR) is 143 cm³/mol. The number of nitrogens with zero attached hydrogens (tertiary/aromatic N) is 1. The van der Waals surface area contributed by atoms with Crippen molar-refractivity contribution in [3.63, 3.8) is 0 Å². The lowest BCUT2D eigenvalue weighted by atomic mass is 9.88. The van der Waals surface area contributed by atoms with E-state index in [0.29, 0.717) is 15.5 Å². The number of carboxylic acid groups (broad SMARTS) is 1. The van der Waals surface area contributed by atoms with Crippen LogP contribution in [0, 0.1) is 5.41 Å². The van der Waals surface area contributed by atoms with Gasteiger partial charge in [0.2, 0.25) is 0 Å². The molecule has 4 aromatic rings. The van der Waals surface area contributed by atoms with Gasteiger partial charge in [0.25, 0.3) is 0 Å². The minimum atomic E-state index is -1.53. The summed E-state index contributed by atoms with van der Waals surface area (Å²) in [7, 11) is -1.53. The number of hydrogen-bond donors (Lipinski definition) is 1. The highest BCUT2D eigenvalue weighted by Gasteiger charge is 2.34. The third kappa shape index (κ3) is 4.93. The molecule has 1 heterocycles. The molecule has 0 amide bonds. The Morgan fingerprint density at radius 3 is 2.14 bits per heavy atom. The van der Waals surface area contributed by atoms with E-state index in [1.54, 1.807) is 13.8 Å². The van der Waals surface area contributed by atoms with Crippen molar-refractivity contribution < 1.29 is 14.1 Å². The largest absolute Gasteiger partial charge is 0.481 e. The van der Waals surface area contributed by atoms with Gasteiger partial charge in [-0.25, -0.2) is 4.21 Å². The summed E-state index contributed by atoms with van der Waals surface area (Å²) in [6, 6.07) is 25.2. The molecule has 3 aromatic carbocycles. The predicted octanol–water partition coefficient (Wildman–Crippen LogP) is 7.37. The maximum Gasteiger partial charge on any atom is 0.309 e. The van der Waals surface area contributed by atoms with Crippen molar-refractivity contribution >= 4 is 39.3 Å². The van der Waals surface area contributed by atoms with Crippen LogP contribution in [0.2, 0.25) is 0 Å². The van der Waals surface area contributed by atoms with Gasteiger partial charge in [0.05, 0.1) is 26.6 Å². The molecule has 0 spiro atoms. The standard InChI is InChI=1S/C29H30ClNO3S/c1-19(2)21-15-16-24-23(17-21)26(35(34)22-13-9-6-10-14-22)25(18-29(3,4)28(32)33)31(24)27(30)20-11-7-5-8-12-20/h5-17,19,27H,18H2,1-4H3,(H,32,33). The van der Waals surface area contributed by atoms with E-state index in [2.05, 4.69) is 26.0 Å². The van der Waals surface area contributed by atoms with Gasteiger partial charge in [-0.1, -0.05) is 80.0 Å². The van der Waals surface area contributed by atoms with E-state index in [4.69, 9.17) is 11.6 Å². The topological polar surface area (TPSA) is 59.3 Å². The lowest BCUT2D eigenvalue weighted by molar-refractivity contribution is -0.146. The van der Waals surface area contributed by atoms with Crippen molar-refractivity contribution in [1.29, 1.82) is 0 Å². The highest BCUT2D eigenvalue weighted by Crippen LogP contribution is 2.41. The fraction of sp³-hybridized carbons (Fsp3) is 0.276. The molecule has 4 rings (SSSR count). The van der Waals surface area contributed by atoms with E-state index in [-0.39, 0.29) is 12.3 Å². The molecule has 1 N–H and O–H groups in total. The zero-order valence-electron chi connectivity index (χ0n) is 20.4. The molecular weight excluding hydrogens is 478 g/mol. The molecule has 35 heavy (non-hydrogen) atoms. The number of benzene rings is 3. The first-order chi connectivity index (χ1) is 16.6. The van der Waals surface area contributed by atoms with Crippen LogP contribution < -0.4 is 0 Å². The van der Waals surface area contributed by atoms with Crippen LogP contribution >= 0.6 is 11.6 Å². The van der Waals surface area contributed by atoms with Gasteiger partial charge in [0, 0.05) is 22.4 Å². The molecule has 1 aromatic heterocycles. The minimum absolute atomic E-state index is 0.179. The highest BCUT2D eigenvalue weighted by atomic mass is 35.5. The molecule has 0 radical (unpaired) electrons. The maximum atomic E-state index is 14.1. The van der Waals surface area contributed by atoms with Gasteiger partial charge < -0.3 is 9.67 Å². The Morgan fingerprint density at radius 2 is 1.57 bits per heavy atom. The fourth-order valence-electron chi connectivity index (χ4n) is 4.26. The van der Waals surface area contributed by atoms with Crippen molar-refractivity contribution in [1.82, 2.24) is 4.57 Å². The van der Waals surface area contributed by atoms with Gasteiger partial charge in [-0.2, -0.15) is 0 Å². The van der Waals surface area contributed by atoms with E-state index < -0.39 is 27.7 Å². The summed E-state index contributed by atoms with van der Waals surface area (Å²) in [6.07, 6.45) is 0.179. The summed E-state index contributed by atoms with van der Waals surface area (Å²) in [4.78, 5) is 13.5. The molecule has 0 saturated carbocycles. The van der Waals surface area contributed by atoms with E-state index in [0.717, 1.165) is 22.0 Å². The van der Waals surface area contributed by atoms with Crippen LogP contribution in [0.4, 0.5) is 0 Å². The normalized spacial score (nSPS) is 13.8. The molecule has 0 bridgehead atoms. The Kier molecular flexibility index (Phi) is 7.20. The monoisotopic (exact) mass is 507 g/mol. The second kappa shape index (κ2) is 10.00. The van der Waals surface area contributed by atoms with Crippen LogP contribution in [0.15, 0.2) is 88.7 Å². The number of fused-ring (bicyclic) bond motifs is 1. The maximum absolute atomic E-state index is 14.1. The van der Waals surface area contributed by atoms with Crippen LogP contribution in [-0.2, 0) is 22.0 Å². The second-order valence-electron chi connectivity index (χ2n) is 9.77. The number of alkyl halides is 1. The van der Waals surface area contributed by atoms with Gasteiger partial charge in [-0.15, -0.1) is 0 Å². The number of carboxylic acids is 1. The SMILES string of the molecule is CC(C)c1ccc2c(c1)c(S(=O)c1ccccc1)c(CC(C)(C)C(=O)O)n2C(Cl)c1ccccc1. The van der Waals surface area contributed by atoms with Crippen LogP contribution in [0.25, 0.3) is 10.9 Å². The van der Waals surface area contributed by atoms with Crippen LogP contribution in [0.5, 0.6) is 0 Å². The van der Waals surface area contributed by atoms with E-state index >= 15 is 0 Å². The number of hydrogen-bond acceptors (Lipinski definition) is 2. The summed E-state index contributed by atoms with van der Waals surface area (Å²) in [5.41, 5.74) is 1.84. The summed E-state index contributed by atoms with van der Waals surface area (Å²) in [5.74, 6) is -0.639. The van der Waals surface area contributed by atoms with E-state index in [1.165, 1.54) is 0 Å². The Balaban J connectivity index is 2.08. The van der Waals surface area contributed by atoms with Gasteiger partial charge in [-0.05, 0) is 55.2 Å². The average molecular weight is 508 g/mol. The number of aromatic nitrogens is 1. The van der Waals surface area contributed by atoms with Crippen molar-refractivity contribution in [3.8, 4) is 0 Å². The molecule has 0 aliphatic carbocycles. The summed E-state index contributed by atoms with van der Waals surface area (Å²) in [6.45, 7) is 7.62. The zero-order chi connectivity index (χ0) is 25.3. The number of carbonyl (C=O) groups is 1. The molecule has 0 saturated heterocycles. The van der Waals surface area contributed by atoms with Crippen molar-refractivity contribution in [3.05, 3.63) is 95.7 Å². The van der Waals surface area contributed by atoms with Crippen molar-refractivity contribution in [2.45, 2.75) is 55.3 Å². The molecule has 4 nitrogen and oxygen atoms in total. The van der Waals surface area contributed by atoms with Gasteiger partial charge in [0.1, 0.15) is 5.50 Å². The minimum Gasteiger partial charge on any atom is -0.481 e. The molecule has 182 valence electrons. The van der Waals surface area contributed by atoms with Gasteiger partial charge in [-0.3, -0.25) is 4.79 Å². The quantitative estimate of drug-likeness (QED) is 0.253. The molecule has 0 aliphatic heterocycles. The molecule has 0 aliphatic rings. The molecule has 2 unspecified atom stereocenters. The summed E-state index contributed by atoms with van der Waals surface area (Å²) in [5, 5.41) is 10.8. The second-order valence-corrected chi connectivity index (χ2v) is 11.6. The van der Waals surface area contributed by atoms with Crippen molar-refractivity contribution in [2.24, 2.45) is 5.41 Å². The lowest BCUT2D eigenvalue weighted by Crippen LogP contribution is -2.28. The number of aliphatic carboxylic acids is 1. The first kappa shape index (κ1) is 25.2. The smallest absolute Gasteiger partial charge is 0.309 e. The van der Waals surface area contributed by atoms with Crippen LogP contribution in [0.1, 0.15) is 55.9 Å². The Labute approximate surface area is 214 Å². The third-order valence-electron chi connectivity index (χ3n) is 6.38. The van der Waals surface area contributed by atoms with Crippen molar-refractivity contribution in [2.75, 3.05) is 0 Å². The Morgan fingerprint density at radius 1 is 0.971 bits per heavy atom. The summed E-state index contributed by atoms with van der Waals surface area (Å²) >= 11 is 7.11. The average Bonchev–Trinajstić information content (AvgIpc) is 3.16. The third-order valence-corrected chi connectivity index (χ3v) is 8.35. The molecule has 6 heteroatoms. The molecular formula is C29H30ClNO3S. The zero-order valence-corrected chi connectivity index (χ0v) is 21.9. The van der Waals surface area contributed by atoms with E-state index in [9.17, 15) is 14.1 Å². The first-order valence-corrected chi connectivity index (χ1v) is 13.3. The Hall–Kier alpha value is -2.89. The fourth-order valence-corrected chi connectivity index (χ4v) is 6.02. The first-order valence-electron chi connectivity index (χ1n) is 11.7. The van der Waals surface area contributed by atoms with E-state index in [1.807, 2.05) is 71.3 Å². The van der Waals surface area contributed by atoms with Gasteiger partial charge in [0.15, 0.2) is 0 Å². The molecule has 2 atom stereocenters. The highest BCUT2D eigenvalue weighted by molar-refractivity contribution is 7.85. The van der Waals surface area contributed by atoms with Crippen LogP contribution in [-0.4, -0.2) is 19.9 Å². The number of rotatable bonds is 8. The lowest BCUT2D eigenvalue weighted by Gasteiger charge is -2.24. The summed E-state index contributed by atoms with van der Waals surface area (Å²) < 4.78 is 16.1. The van der Waals surface area contributed by atoms with Crippen LogP contribution in [0.3, 0.4) is 0 Å². The van der Waals surface area contributed by atoms with Gasteiger partial charge >= 0.3 is 5.97 Å². The number of halogens is 1.